The summed E-state index contributed by atoms with van der Waals surface area (Å²) in [6, 6.07) is 6.38. The summed E-state index contributed by atoms with van der Waals surface area (Å²) in [5.41, 5.74) is 5.56. The maximum Gasteiger partial charge on any atom is 0.351 e. The van der Waals surface area contributed by atoms with Crippen molar-refractivity contribution in [2.45, 2.75) is 58.3 Å². The third-order valence-electron chi connectivity index (χ3n) is 5.36. The molecule has 0 radical (unpaired) electrons. The number of nitrogen functional groups attached to an aromatic ring is 1. The molecule has 0 unspecified atom stereocenters. The zero-order valence-corrected chi connectivity index (χ0v) is 18.2. The minimum Gasteiger partial charge on any atom is -0.394 e. The Kier molecular flexibility index (Phi) is 6.94. The molecule has 1 aliphatic heterocycles. The summed E-state index contributed by atoms with van der Waals surface area (Å²) in [5.74, 6) is -0.0290. The minimum absolute atomic E-state index is 0.0290. The second kappa shape index (κ2) is 9.33. The van der Waals surface area contributed by atoms with E-state index in [1.165, 1.54) is 16.8 Å². The number of nitrogens with two attached hydrogens (primary N) is 1. The molecular weight excluding hydrogens is 420 g/mol. The molecule has 2 heterocycles. The van der Waals surface area contributed by atoms with Crippen LogP contribution in [-0.2, 0) is 16.1 Å². The van der Waals surface area contributed by atoms with Crippen LogP contribution in [0.1, 0.15) is 50.7 Å². The van der Waals surface area contributed by atoms with Gasteiger partial charge in [-0.05, 0) is 11.5 Å². The van der Waals surface area contributed by atoms with Crippen LogP contribution in [0.15, 0.2) is 35.3 Å². The van der Waals surface area contributed by atoms with Crippen molar-refractivity contribution in [3.05, 3.63) is 62.2 Å². The molecule has 2 aromatic rings. The number of nitro benzene ring substituents is 1. The standard InChI is InChI=1S/C21H28N4O7/c1-21(2,3)18(13-6-4-5-7-14(13)25(29)30)31-11-12-9-24(20(28)23-19(12)22)17-8-15(27)16(10-26)32-17/h4-7,9,15-18,26-27H,8,10-11H2,1-3H3,(H2,22,23,28)/t15-,16-,17-,18-/m1/s1. The molecule has 3 rings (SSSR count). The number of nitro groups is 1. The Morgan fingerprint density at radius 2 is 2.09 bits per heavy atom. The third-order valence-corrected chi connectivity index (χ3v) is 5.36. The van der Waals surface area contributed by atoms with E-state index in [1.54, 1.807) is 18.2 Å². The number of ether oxygens (including phenoxy) is 2. The number of para-hydroxylation sites is 1. The van der Waals surface area contributed by atoms with Gasteiger partial charge in [-0.2, -0.15) is 4.98 Å². The van der Waals surface area contributed by atoms with Gasteiger partial charge in [0.1, 0.15) is 18.1 Å². The number of nitrogens with zero attached hydrogens (tertiary/aromatic N) is 3. The van der Waals surface area contributed by atoms with E-state index in [1.807, 2.05) is 20.8 Å². The topological polar surface area (TPSA) is 163 Å². The highest BCUT2D eigenvalue weighted by atomic mass is 16.6. The van der Waals surface area contributed by atoms with Crippen molar-refractivity contribution in [2.24, 2.45) is 5.41 Å². The number of aromatic nitrogens is 2. The molecule has 1 saturated heterocycles. The second-order valence-corrected chi connectivity index (χ2v) is 8.83. The van der Waals surface area contributed by atoms with E-state index in [4.69, 9.17) is 15.2 Å². The van der Waals surface area contributed by atoms with Gasteiger partial charge in [0.2, 0.25) is 0 Å². The number of hydrogen-bond donors (Lipinski definition) is 3. The van der Waals surface area contributed by atoms with Gasteiger partial charge in [-0.15, -0.1) is 0 Å². The molecule has 4 atom stereocenters. The van der Waals surface area contributed by atoms with Crippen molar-refractivity contribution in [1.29, 1.82) is 0 Å². The zero-order valence-electron chi connectivity index (χ0n) is 18.2. The molecule has 1 fully saturated rings. The quantitative estimate of drug-likeness (QED) is 0.422. The first-order chi connectivity index (χ1) is 15.0. The van der Waals surface area contributed by atoms with Crippen molar-refractivity contribution in [3.8, 4) is 0 Å². The van der Waals surface area contributed by atoms with Gasteiger partial charge < -0.3 is 25.4 Å². The van der Waals surface area contributed by atoms with Gasteiger partial charge in [-0.1, -0.05) is 32.9 Å². The van der Waals surface area contributed by atoms with E-state index in [9.17, 15) is 25.1 Å². The average molecular weight is 448 g/mol. The predicted octanol–water partition coefficient (Wildman–Crippen LogP) is 1.68. The molecule has 32 heavy (non-hydrogen) atoms. The Balaban J connectivity index is 1.89. The van der Waals surface area contributed by atoms with Gasteiger partial charge in [0.05, 0.1) is 35.9 Å². The lowest BCUT2D eigenvalue weighted by atomic mass is 9.84. The van der Waals surface area contributed by atoms with E-state index in [-0.39, 0.29) is 31.1 Å². The number of aliphatic hydroxyl groups excluding tert-OH is 2. The molecule has 11 heteroatoms. The first-order valence-corrected chi connectivity index (χ1v) is 10.2. The van der Waals surface area contributed by atoms with E-state index in [0.717, 1.165) is 0 Å². The van der Waals surface area contributed by atoms with E-state index < -0.39 is 40.6 Å². The Bertz CT molecular complexity index is 1030. The van der Waals surface area contributed by atoms with Gasteiger partial charge in [-0.25, -0.2) is 4.79 Å². The summed E-state index contributed by atoms with van der Waals surface area (Å²) in [5, 5.41) is 30.8. The van der Waals surface area contributed by atoms with Crippen LogP contribution in [-0.4, -0.2) is 43.5 Å². The third kappa shape index (κ3) is 4.96. The minimum atomic E-state index is -0.918. The highest BCUT2D eigenvalue weighted by Gasteiger charge is 2.36. The van der Waals surface area contributed by atoms with Crippen molar-refractivity contribution < 1.29 is 24.6 Å². The van der Waals surface area contributed by atoms with Crippen LogP contribution in [0.25, 0.3) is 0 Å². The Labute approximate surface area is 184 Å². The van der Waals surface area contributed by atoms with Crippen LogP contribution in [0.3, 0.4) is 0 Å². The van der Waals surface area contributed by atoms with Crippen LogP contribution in [0.2, 0.25) is 0 Å². The first kappa shape index (κ1) is 23.8. The summed E-state index contributed by atoms with van der Waals surface area (Å²) in [4.78, 5) is 27.2. The molecule has 11 nitrogen and oxygen atoms in total. The number of aliphatic hydroxyl groups is 2. The highest BCUT2D eigenvalue weighted by Crippen LogP contribution is 2.40. The number of hydrogen-bond acceptors (Lipinski definition) is 9. The van der Waals surface area contributed by atoms with Gasteiger partial charge in [-0.3, -0.25) is 14.7 Å². The summed E-state index contributed by atoms with van der Waals surface area (Å²) < 4.78 is 12.8. The number of benzene rings is 1. The molecule has 1 aliphatic rings. The Morgan fingerprint density at radius 1 is 1.41 bits per heavy atom. The fourth-order valence-corrected chi connectivity index (χ4v) is 3.74. The molecule has 1 aromatic heterocycles. The molecule has 0 bridgehead atoms. The van der Waals surface area contributed by atoms with Crippen LogP contribution in [0.5, 0.6) is 0 Å². The molecule has 1 aromatic carbocycles. The lowest BCUT2D eigenvalue weighted by Gasteiger charge is -2.31. The van der Waals surface area contributed by atoms with Gasteiger partial charge in [0, 0.05) is 24.2 Å². The van der Waals surface area contributed by atoms with Gasteiger partial charge in [0.25, 0.3) is 5.69 Å². The van der Waals surface area contributed by atoms with E-state index in [0.29, 0.717) is 11.1 Å². The Hall–Kier alpha value is -2.86. The van der Waals surface area contributed by atoms with Crippen LogP contribution in [0, 0.1) is 15.5 Å². The van der Waals surface area contributed by atoms with Crippen LogP contribution < -0.4 is 11.4 Å². The van der Waals surface area contributed by atoms with Crippen LogP contribution >= 0.6 is 0 Å². The summed E-state index contributed by atoms with van der Waals surface area (Å²) in [6.07, 6.45) is -1.62. The second-order valence-electron chi connectivity index (χ2n) is 8.83. The number of anilines is 1. The molecular formula is C21H28N4O7. The van der Waals surface area contributed by atoms with Crippen molar-refractivity contribution in [3.63, 3.8) is 0 Å². The average Bonchev–Trinajstić information content (AvgIpc) is 3.09. The fraction of sp³-hybridized carbons (Fsp3) is 0.524. The smallest absolute Gasteiger partial charge is 0.351 e. The maximum atomic E-state index is 12.4. The van der Waals surface area contributed by atoms with Gasteiger partial charge in [0.15, 0.2) is 0 Å². The van der Waals surface area contributed by atoms with Gasteiger partial charge >= 0.3 is 5.69 Å². The van der Waals surface area contributed by atoms with E-state index >= 15 is 0 Å². The molecule has 4 N–H and O–H groups in total. The maximum absolute atomic E-state index is 12.4. The Morgan fingerprint density at radius 3 is 2.69 bits per heavy atom. The van der Waals surface area contributed by atoms with Crippen molar-refractivity contribution in [1.82, 2.24) is 9.55 Å². The molecule has 0 saturated carbocycles. The van der Waals surface area contributed by atoms with Crippen molar-refractivity contribution >= 4 is 11.5 Å². The SMILES string of the molecule is CC(C)(C)[C@H](OCc1cn([C@H]2C[C@@H](O)[C@@H](CO)O2)c(=O)nc1N)c1ccccc1[N+](=O)[O-]. The number of rotatable bonds is 7. The fourth-order valence-electron chi connectivity index (χ4n) is 3.74. The lowest BCUT2D eigenvalue weighted by molar-refractivity contribution is -0.386. The van der Waals surface area contributed by atoms with Crippen molar-refractivity contribution in [2.75, 3.05) is 12.3 Å². The molecule has 0 amide bonds. The summed E-state index contributed by atoms with van der Waals surface area (Å²) in [6.45, 7) is 5.26. The van der Waals surface area contributed by atoms with E-state index in [2.05, 4.69) is 4.98 Å². The highest BCUT2D eigenvalue weighted by molar-refractivity contribution is 5.42. The first-order valence-electron chi connectivity index (χ1n) is 10.2. The lowest BCUT2D eigenvalue weighted by Crippen LogP contribution is -2.29. The normalized spacial score (nSPS) is 22.1. The molecule has 0 spiro atoms. The monoisotopic (exact) mass is 448 g/mol. The molecule has 174 valence electrons. The largest absolute Gasteiger partial charge is 0.394 e. The predicted molar refractivity (Wildman–Crippen MR) is 115 cm³/mol. The zero-order chi connectivity index (χ0) is 23.6. The molecule has 0 aliphatic carbocycles. The van der Waals surface area contributed by atoms with Crippen LogP contribution in [0.4, 0.5) is 11.5 Å². The summed E-state index contributed by atoms with van der Waals surface area (Å²) in [7, 11) is 0. The summed E-state index contributed by atoms with van der Waals surface area (Å²) >= 11 is 0.